The maximum absolute atomic E-state index is 14.5. The fourth-order valence-corrected chi connectivity index (χ4v) is 16.9. The number of carboxylic acid groups (broad SMARTS) is 3. The number of carbonyl (C=O) groups excluding carboxylic acids is 6. The minimum atomic E-state index is -1.33. The molecule has 34 heteroatoms. The molecule has 522 valence electrons. The largest absolute Gasteiger partial charge is 0.481 e. The number of aryl methyl sites for hydroxylation is 1. The molecular formula is C65H71N13O15S6. The monoisotopic (exact) mass is 1470 g/mol. The van der Waals surface area contributed by atoms with Gasteiger partial charge in [-0.2, -0.15) is 0 Å². The normalized spacial score (nSPS) is 18.7. The first-order valence-corrected chi connectivity index (χ1v) is 36.8. The molecule has 1 fully saturated rings. The first kappa shape index (κ1) is 72.8. The molecule has 0 saturated heterocycles. The fourth-order valence-electron chi connectivity index (χ4n) is 11.3. The van der Waals surface area contributed by atoms with E-state index in [0.29, 0.717) is 82.3 Å². The van der Waals surface area contributed by atoms with E-state index in [1.54, 1.807) is 70.9 Å². The lowest BCUT2D eigenvalue weighted by Gasteiger charge is -2.35. The number of aliphatic hydroxyl groups excluding tert-OH is 1. The van der Waals surface area contributed by atoms with Crippen LogP contribution in [-0.2, 0) is 40.1 Å². The topological polar surface area (TPSA) is 407 Å². The molecule has 0 radical (unpaired) electrons. The van der Waals surface area contributed by atoms with Crippen LogP contribution in [0.1, 0.15) is 171 Å². The maximum Gasteiger partial charge on any atom is 0.415 e. The third-order valence-corrected chi connectivity index (χ3v) is 22.2. The zero-order valence-corrected chi connectivity index (χ0v) is 59.1. The second kappa shape index (κ2) is 33.3. The minimum Gasteiger partial charge on any atom is -0.481 e. The fraction of sp³-hybridized carbons (Fsp3) is 0.415. The van der Waals surface area contributed by atoms with E-state index >= 15 is 0 Å². The molecule has 7 aromatic heterocycles. The first-order chi connectivity index (χ1) is 47.5. The number of anilines is 1. The smallest absolute Gasteiger partial charge is 0.415 e. The Labute approximate surface area is 591 Å². The Morgan fingerprint density at radius 1 is 0.677 bits per heavy atom. The Morgan fingerprint density at radius 3 is 2.10 bits per heavy atom. The first-order valence-electron chi connectivity index (χ1n) is 31.6. The summed E-state index contributed by atoms with van der Waals surface area (Å²) in [7, 11) is 2.91. The highest BCUT2D eigenvalue weighted by Crippen LogP contribution is 2.42. The Balaban J connectivity index is 1.03. The highest BCUT2D eigenvalue weighted by molar-refractivity contribution is 7.15. The number of unbranched alkanes of at least 4 members (excludes halogenated alkanes) is 2. The molecule has 99 heavy (non-hydrogen) atoms. The summed E-state index contributed by atoms with van der Waals surface area (Å²) in [5, 5.41) is 63.4. The number of aromatic nitrogens is 7. The molecule has 6 amide bonds. The van der Waals surface area contributed by atoms with Gasteiger partial charge < -0.3 is 56.5 Å². The predicted molar refractivity (Wildman–Crippen MR) is 371 cm³/mol. The summed E-state index contributed by atoms with van der Waals surface area (Å²) >= 11 is 6.91. The lowest BCUT2D eigenvalue weighted by molar-refractivity contribution is -0.144. The molecule has 7 atom stereocenters. The molecular weight excluding hydrogens is 1400 g/mol. The Kier molecular flexibility index (Phi) is 24.5. The van der Waals surface area contributed by atoms with Crippen LogP contribution in [0.15, 0.2) is 64.0 Å². The van der Waals surface area contributed by atoms with E-state index in [9.17, 15) is 63.6 Å². The van der Waals surface area contributed by atoms with Gasteiger partial charge in [-0.25, -0.2) is 39.7 Å². The summed E-state index contributed by atoms with van der Waals surface area (Å²) in [6.45, 7) is 4.86. The third kappa shape index (κ3) is 18.1. The summed E-state index contributed by atoms with van der Waals surface area (Å²) in [5.41, 5.74) is 2.17. The third-order valence-electron chi connectivity index (χ3n) is 16.5. The number of amides is 6. The minimum absolute atomic E-state index is 0.00892. The van der Waals surface area contributed by atoms with Gasteiger partial charge in [-0.3, -0.25) is 43.3 Å². The van der Waals surface area contributed by atoms with Gasteiger partial charge in [0.15, 0.2) is 0 Å². The molecule has 28 nitrogen and oxygen atoms in total. The lowest BCUT2D eigenvalue weighted by Crippen LogP contribution is -2.41. The Bertz CT molecular complexity index is 4260. The average Bonchev–Trinajstić information content (AvgIpc) is 1.69. The van der Waals surface area contributed by atoms with Gasteiger partial charge in [0.2, 0.25) is 11.8 Å². The number of hydrogen-bond donors (Lipinski definition) is 9. The molecule has 1 aromatic carbocycles. The van der Waals surface area contributed by atoms with E-state index in [4.69, 9.17) is 44.4 Å². The van der Waals surface area contributed by atoms with E-state index in [-0.39, 0.29) is 110 Å². The van der Waals surface area contributed by atoms with E-state index < -0.39 is 96.3 Å². The number of pyridine rings is 1. The van der Waals surface area contributed by atoms with Crippen LogP contribution in [0, 0.1) is 24.7 Å². The van der Waals surface area contributed by atoms with E-state index in [2.05, 4.69) is 26.6 Å². The van der Waals surface area contributed by atoms with Crippen molar-refractivity contribution >= 4 is 127 Å². The molecule has 1 aliphatic heterocycles. The van der Waals surface area contributed by atoms with Gasteiger partial charge in [-0.05, 0) is 81.4 Å². The zero-order valence-electron chi connectivity index (χ0n) is 54.2. The van der Waals surface area contributed by atoms with Crippen LogP contribution in [0.4, 0.5) is 10.6 Å². The number of benzene rings is 1. The molecule has 10 bridgehead atoms. The number of aliphatic carboxylic acids is 3. The van der Waals surface area contributed by atoms with Crippen molar-refractivity contribution in [3.63, 3.8) is 0 Å². The van der Waals surface area contributed by atoms with Crippen LogP contribution in [0.3, 0.4) is 0 Å². The Hall–Kier alpha value is -8.90. The summed E-state index contributed by atoms with van der Waals surface area (Å²) < 4.78 is 11.7. The molecule has 8 aromatic rings. The molecule has 1 saturated carbocycles. The van der Waals surface area contributed by atoms with Gasteiger partial charge >= 0.3 is 24.0 Å². The Morgan fingerprint density at radius 2 is 1.37 bits per heavy atom. The number of rotatable bonds is 21. The van der Waals surface area contributed by atoms with Gasteiger partial charge in [-0.15, -0.1) is 68.0 Å². The van der Waals surface area contributed by atoms with Crippen molar-refractivity contribution in [1.29, 1.82) is 0 Å². The van der Waals surface area contributed by atoms with E-state index in [1.165, 1.54) is 30.4 Å². The summed E-state index contributed by atoms with van der Waals surface area (Å²) in [6, 6.07) is 9.15. The van der Waals surface area contributed by atoms with Crippen molar-refractivity contribution in [2.75, 3.05) is 32.1 Å². The summed E-state index contributed by atoms with van der Waals surface area (Å²) in [6.07, 6.45) is -0.805. The van der Waals surface area contributed by atoms with Crippen LogP contribution in [0.2, 0.25) is 0 Å². The van der Waals surface area contributed by atoms with Crippen LogP contribution in [-0.4, -0.2) is 142 Å². The van der Waals surface area contributed by atoms with Gasteiger partial charge in [0, 0.05) is 65.5 Å². The van der Waals surface area contributed by atoms with Crippen molar-refractivity contribution in [2.45, 2.75) is 128 Å². The van der Waals surface area contributed by atoms with Gasteiger partial charge in [0.25, 0.3) is 17.7 Å². The second-order valence-electron chi connectivity index (χ2n) is 23.8. The number of thiazole rings is 6. The highest BCUT2D eigenvalue weighted by atomic mass is 32.1. The number of carbonyl (C=O) groups is 9. The van der Waals surface area contributed by atoms with Crippen LogP contribution >= 0.6 is 68.0 Å². The predicted octanol–water partition coefficient (Wildman–Crippen LogP) is 10.0. The number of nitrogens with zero attached hydrogens (tertiary/aromatic N) is 8. The molecule has 2 aliphatic rings. The van der Waals surface area contributed by atoms with Crippen molar-refractivity contribution in [3.05, 3.63) is 111 Å². The average molecular weight is 1470 g/mol. The van der Waals surface area contributed by atoms with Gasteiger partial charge in [0.05, 0.1) is 48.1 Å². The van der Waals surface area contributed by atoms with Crippen molar-refractivity contribution < 1.29 is 73.1 Å². The molecule has 1 aliphatic carbocycles. The number of fused-ring (bicyclic) bond motifs is 14. The van der Waals surface area contributed by atoms with Gasteiger partial charge in [-0.1, -0.05) is 50.6 Å². The lowest BCUT2D eigenvalue weighted by atomic mass is 9.77. The van der Waals surface area contributed by atoms with Crippen molar-refractivity contribution in [3.8, 4) is 43.4 Å². The van der Waals surface area contributed by atoms with E-state index in [0.717, 1.165) is 56.7 Å². The molecule has 8 heterocycles. The molecule has 10 rings (SSSR count). The number of methoxy groups -OCH3 is 1. The number of ether oxygens (including phenoxy) is 2. The molecule has 9 N–H and O–H groups in total. The quantitative estimate of drug-likeness (QED) is 0.0302. The van der Waals surface area contributed by atoms with Crippen LogP contribution < -0.4 is 31.5 Å². The molecule has 0 unspecified atom stereocenters. The van der Waals surface area contributed by atoms with Crippen LogP contribution in [0.25, 0.3) is 43.4 Å². The van der Waals surface area contributed by atoms with E-state index in [1.807, 2.05) is 13.8 Å². The maximum atomic E-state index is 14.5. The van der Waals surface area contributed by atoms with Crippen LogP contribution in [0.5, 0.6) is 0 Å². The van der Waals surface area contributed by atoms with Gasteiger partial charge in [0.1, 0.15) is 88.3 Å². The number of hydrogen-bond acceptors (Lipinski definition) is 25. The summed E-state index contributed by atoms with van der Waals surface area (Å²) in [5.74, 6) is -7.14. The number of nitrogens with one attached hydrogen (secondary N) is 5. The summed E-state index contributed by atoms with van der Waals surface area (Å²) in [4.78, 5) is 156. The highest BCUT2D eigenvalue weighted by Gasteiger charge is 2.38. The SMILES string of the molecule is CNC(=O)C[C@@H]1NC(=O)c2csc(n2)-c2ccc(-c3nc(N(CCCCC(=O)O)C(=O)O[C@@H]4CC[C@@H](C(=O)O)C[C@H]4CCCCC(=O)O)cs3)nc2-c2csc(n2)-c2csc(n2)[C@H]([C@@H](O)c2ccccc2)NC(=O)CNC(=O)c2nc(sc2COC)[C@H](C(C)C)NC(=O)c2nc1sc2C. The zero-order chi connectivity index (χ0) is 70.6. The van der Waals surface area contributed by atoms with Crippen molar-refractivity contribution in [1.82, 2.24) is 61.5 Å². The second-order valence-corrected chi connectivity index (χ2v) is 29.6. The molecule has 0 spiro atoms. The number of aliphatic hydroxyl groups is 1. The standard InChI is InChI=1S/C65H71N13O15S6/c1-31(2)49-63-77-52(43(99-63)26-92-5)56(87)67-25-46(80)74-53(54(85)33-13-7-6-8-14-33)62-72-41(29-96-62)60-70-39(27-95-60)51-36(58-71-40(28-94-58)55(86)69-38(24-45(79)66-4)61-76-50(32(3)98-61)57(88)75-49)19-20-37(68-51)59-73-44(30-97-59)78(22-12-11-17-48(83)84)65(91)93-42-21-18-35(64(89)90)23-34(42)15-9-10-16-47(81)82/h6-8,13-14,19-20,27-31,34-35,38,42,49,53-54,85H,9-12,15-18,21-26H2,1-5H3,(H,66,79)(H,67,87)(H,69,86)(H,74,80)(H,75,88)(H,81,82)(H,83,84)(H,89,90)/t34-,35-,38+,42-,49+,53+,54+/m1/s1. The van der Waals surface area contributed by atoms with Crippen molar-refractivity contribution in [2.24, 2.45) is 17.8 Å². The number of carboxylic acids is 3.